The van der Waals surface area contributed by atoms with E-state index in [-0.39, 0.29) is 23.4 Å². The molecule has 4 aromatic rings. The van der Waals surface area contributed by atoms with Gasteiger partial charge in [0.2, 0.25) is 5.88 Å². The SMILES string of the molecule is COc1nc2c(ccn2C(=O)OC(C)(C)C)cc1-c1cn(SF)c2nc(Cl)ccc12. The van der Waals surface area contributed by atoms with Crippen LogP contribution in [0, 0.1) is 0 Å². The Labute approximate surface area is 181 Å². The molecule has 0 spiro atoms. The van der Waals surface area contributed by atoms with Gasteiger partial charge >= 0.3 is 6.09 Å². The standard InChI is InChI=1S/C20H18ClFN4O3S/c1-20(2,3)29-19(27)25-8-7-11-9-13(18(28-4)24-16(11)25)14-10-26(30-22)17-12(14)5-6-15(21)23-17/h5-10H,1-4H3. The summed E-state index contributed by atoms with van der Waals surface area (Å²) in [4.78, 5) is 21.3. The molecule has 156 valence electrons. The van der Waals surface area contributed by atoms with Gasteiger partial charge in [0.05, 0.1) is 7.11 Å². The number of pyridine rings is 2. The first kappa shape index (κ1) is 20.5. The van der Waals surface area contributed by atoms with Crippen LogP contribution in [-0.4, -0.2) is 37.3 Å². The van der Waals surface area contributed by atoms with Crippen LogP contribution in [0.2, 0.25) is 5.15 Å². The van der Waals surface area contributed by atoms with Crippen molar-refractivity contribution in [3.05, 3.63) is 41.8 Å². The predicted molar refractivity (Wildman–Crippen MR) is 116 cm³/mol. The van der Waals surface area contributed by atoms with Crippen molar-refractivity contribution in [2.45, 2.75) is 26.4 Å². The number of methoxy groups -OCH3 is 1. The number of hydrogen-bond donors (Lipinski definition) is 0. The Morgan fingerprint density at radius 3 is 2.60 bits per heavy atom. The van der Waals surface area contributed by atoms with Crippen LogP contribution in [0.1, 0.15) is 20.8 Å². The second-order valence-corrected chi connectivity index (χ2v) is 8.49. The Bertz CT molecular complexity index is 1280. The molecule has 0 radical (unpaired) electrons. The van der Waals surface area contributed by atoms with Gasteiger partial charge < -0.3 is 9.47 Å². The number of carbonyl (C=O) groups is 1. The van der Waals surface area contributed by atoms with Gasteiger partial charge in [-0.25, -0.2) is 18.3 Å². The van der Waals surface area contributed by atoms with Gasteiger partial charge in [-0.15, -0.1) is 3.89 Å². The lowest BCUT2D eigenvalue weighted by molar-refractivity contribution is 0.0543. The summed E-state index contributed by atoms with van der Waals surface area (Å²) in [5.41, 5.74) is 1.45. The van der Waals surface area contributed by atoms with E-state index >= 15 is 0 Å². The number of aromatic nitrogens is 4. The zero-order valence-corrected chi connectivity index (χ0v) is 18.2. The van der Waals surface area contributed by atoms with E-state index in [2.05, 4.69) is 9.97 Å². The quantitative estimate of drug-likeness (QED) is 0.364. The van der Waals surface area contributed by atoms with Crippen molar-refractivity contribution < 1.29 is 18.2 Å². The zero-order chi connectivity index (χ0) is 21.6. The Kier molecular flexibility index (Phi) is 5.11. The van der Waals surface area contributed by atoms with Gasteiger partial charge in [0.1, 0.15) is 10.8 Å². The number of rotatable bonds is 3. The first-order chi connectivity index (χ1) is 14.2. The monoisotopic (exact) mass is 448 g/mol. The summed E-state index contributed by atoms with van der Waals surface area (Å²) in [6.07, 6.45) is 2.66. The Morgan fingerprint density at radius 1 is 1.17 bits per heavy atom. The number of nitrogens with zero attached hydrogens (tertiary/aromatic N) is 4. The fourth-order valence-electron chi connectivity index (χ4n) is 3.17. The molecule has 4 aromatic heterocycles. The van der Waals surface area contributed by atoms with Crippen molar-refractivity contribution >= 4 is 52.1 Å². The van der Waals surface area contributed by atoms with Crippen LogP contribution >= 0.6 is 23.9 Å². The first-order valence-corrected chi connectivity index (χ1v) is 10.0. The van der Waals surface area contributed by atoms with Gasteiger partial charge in [0.25, 0.3) is 0 Å². The lowest BCUT2D eigenvalue weighted by atomic mass is 10.1. The average molecular weight is 449 g/mol. The van der Waals surface area contributed by atoms with E-state index in [1.807, 2.05) is 6.07 Å². The highest BCUT2D eigenvalue weighted by atomic mass is 35.5. The molecule has 0 unspecified atom stereocenters. The van der Waals surface area contributed by atoms with Crippen molar-refractivity contribution in [2.75, 3.05) is 7.11 Å². The van der Waals surface area contributed by atoms with E-state index in [9.17, 15) is 8.68 Å². The Balaban J connectivity index is 1.89. The maximum atomic E-state index is 13.5. The molecule has 0 amide bonds. The van der Waals surface area contributed by atoms with E-state index in [0.717, 1.165) is 0 Å². The van der Waals surface area contributed by atoms with E-state index in [0.29, 0.717) is 33.2 Å². The van der Waals surface area contributed by atoms with E-state index in [4.69, 9.17) is 21.1 Å². The van der Waals surface area contributed by atoms with Crippen molar-refractivity contribution in [3.8, 4) is 17.0 Å². The fourth-order valence-corrected chi connectivity index (χ4v) is 3.66. The lowest BCUT2D eigenvalue weighted by Gasteiger charge is -2.19. The average Bonchev–Trinajstić information content (AvgIpc) is 3.25. The molecule has 30 heavy (non-hydrogen) atoms. The molecule has 0 aromatic carbocycles. The molecule has 0 bridgehead atoms. The Morgan fingerprint density at radius 2 is 1.93 bits per heavy atom. The molecule has 0 atom stereocenters. The van der Waals surface area contributed by atoms with Gasteiger partial charge in [-0.05, 0) is 45.0 Å². The van der Waals surface area contributed by atoms with E-state index < -0.39 is 11.7 Å². The normalized spacial score (nSPS) is 11.9. The van der Waals surface area contributed by atoms with E-state index in [1.54, 1.807) is 51.4 Å². The third kappa shape index (κ3) is 3.59. The highest BCUT2D eigenvalue weighted by Gasteiger charge is 2.22. The summed E-state index contributed by atoms with van der Waals surface area (Å²) < 4.78 is 27.0. The van der Waals surface area contributed by atoms with Crippen LogP contribution in [0.15, 0.2) is 36.7 Å². The molecule has 7 nitrogen and oxygen atoms in total. The zero-order valence-electron chi connectivity index (χ0n) is 16.6. The lowest BCUT2D eigenvalue weighted by Crippen LogP contribution is -2.26. The van der Waals surface area contributed by atoms with Gasteiger partial charge in [-0.1, -0.05) is 11.6 Å². The van der Waals surface area contributed by atoms with Gasteiger partial charge in [-0.3, -0.25) is 0 Å². The number of hydrogen-bond acceptors (Lipinski definition) is 6. The van der Waals surface area contributed by atoms with Crippen LogP contribution in [0.4, 0.5) is 8.68 Å². The molecule has 0 fully saturated rings. The minimum Gasteiger partial charge on any atom is -0.480 e. The molecule has 0 N–H and O–H groups in total. The number of carbonyl (C=O) groups excluding carboxylic acids is 1. The minimum atomic E-state index is -0.641. The minimum absolute atomic E-state index is 0.0218. The third-order valence-corrected chi connectivity index (χ3v) is 5.00. The molecular formula is C20H18ClFN4O3S. The van der Waals surface area contributed by atoms with Crippen molar-refractivity contribution in [1.82, 2.24) is 18.5 Å². The summed E-state index contributed by atoms with van der Waals surface area (Å²) in [5, 5.41) is 1.65. The highest BCUT2D eigenvalue weighted by Crippen LogP contribution is 2.38. The molecule has 0 aliphatic heterocycles. The first-order valence-electron chi connectivity index (χ1n) is 8.98. The summed E-state index contributed by atoms with van der Waals surface area (Å²) in [7, 11) is 1.48. The molecular weight excluding hydrogens is 431 g/mol. The number of halogens is 2. The van der Waals surface area contributed by atoms with Crippen molar-refractivity contribution in [2.24, 2.45) is 0 Å². The molecule has 10 heteroatoms. The maximum Gasteiger partial charge on any atom is 0.420 e. The summed E-state index contributed by atoms with van der Waals surface area (Å²) >= 11 is 6.00. The molecule has 0 aliphatic rings. The van der Waals surface area contributed by atoms with Crippen molar-refractivity contribution in [1.29, 1.82) is 0 Å². The smallest absolute Gasteiger partial charge is 0.420 e. The molecule has 0 aliphatic carbocycles. The predicted octanol–water partition coefficient (Wildman–Crippen LogP) is 5.88. The van der Waals surface area contributed by atoms with Crippen LogP contribution in [0.25, 0.3) is 33.2 Å². The fraction of sp³-hybridized carbons (Fsp3) is 0.250. The third-order valence-electron chi connectivity index (χ3n) is 4.36. The second-order valence-electron chi connectivity index (χ2n) is 7.57. The number of fused-ring (bicyclic) bond motifs is 2. The van der Waals surface area contributed by atoms with E-state index in [1.165, 1.54) is 15.6 Å². The van der Waals surface area contributed by atoms with Gasteiger partial charge in [-0.2, -0.15) is 4.98 Å². The highest BCUT2D eigenvalue weighted by molar-refractivity contribution is 7.92. The summed E-state index contributed by atoms with van der Waals surface area (Å²) in [6, 6.07) is 6.99. The van der Waals surface area contributed by atoms with Crippen LogP contribution in [0.3, 0.4) is 0 Å². The van der Waals surface area contributed by atoms with Crippen LogP contribution in [-0.2, 0) is 4.74 Å². The number of ether oxygens (including phenoxy) is 2. The van der Waals surface area contributed by atoms with Crippen molar-refractivity contribution in [3.63, 3.8) is 0 Å². The maximum absolute atomic E-state index is 13.5. The molecule has 4 heterocycles. The van der Waals surface area contributed by atoms with Crippen LogP contribution in [0.5, 0.6) is 5.88 Å². The second kappa shape index (κ2) is 7.48. The summed E-state index contributed by atoms with van der Waals surface area (Å²) in [6.45, 7) is 5.38. The van der Waals surface area contributed by atoms with Gasteiger partial charge in [0, 0.05) is 34.3 Å². The van der Waals surface area contributed by atoms with Crippen LogP contribution < -0.4 is 4.74 Å². The van der Waals surface area contributed by atoms with Gasteiger partial charge in [0.15, 0.2) is 23.6 Å². The topological polar surface area (TPSA) is 71.2 Å². The molecule has 0 saturated carbocycles. The molecule has 0 saturated heterocycles. The largest absolute Gasteiger partial charge is 0.480 e. The Hall–Kier alpha value is -2.78. The summed E-state index contributed by atoms with van der Waals surface area (Å²) in [5.74, 6) is 0.281. The molecule has 4 rings (SSSR count).